The van der Waals surface area contributed by atoms with Crippen molar-refractivity contribution in [3.63, 3.8) is 0 Å². The number of nitrogens with zero attached hydrogens (tertiary/aromatic N) is 1. The van der Waals surface area contributed by atoms with Gasteiger partial charge in [0.2, 0.25) is 10.0 Å². The van der Waals surface area contributed by atoms with E-state index in [1.54, 1.807) is 6.07 Å². The molecule has 5 nitrogen and oxygen atoms in total. The smallest absolute Gasteiger partial charge is 0.227 e. The van der Waals surface area contributed by atoms with E-state index in [1.807, 2.05) is 0 Å². The number of hydrogen-bond acceptors (Lipinski definition) is 4. The van der Waals surface area contributed by atoms with E-state index in [1.165, 1.54) is 6.92 Å². The van der Waals surface area contributed by atoms with E-state index in [0.29, 0.717) is 6.54 Å². The average Bonchev–Trinajstić information content (AvgIpc) is 2.35. The summed E-state index contributed by atoms with van der Waals surface area (Å²) in [7, 11) is -3.53. The molecule has 3 unspecified atom stereocenters. The SMILES string of the molecule is CC(C#N)S(=O)(=O)NCC1CCCCC1CO. The molecule has 0 bridgehead atoms. The van der Waals surface area contributed by atoms with Crippen LogP contribution >= 0.6 is 0 Å². The predicted molar refractivity (Wildman–Crippen MR) is 64.5 cm³/mol. The molecule has 3 atom stereocenters. The van der Waals surface area contributed by atoms with Crippen LogP contribution in [-0.2, 0) is 10.0 Å². The van der Waals surface area contributed by atoms with Crippen molar-refractivity contribution >= 4 is 10.0 Å². The summed E-state index contributed by atoms with van der Waals surface area (Å²) in [4.78, 5) is 0. The van der Waals surface area contributed by atoms with Crippen LogP contribution in [0.1, 0.15) is 32.6 Å². The summed E-state index contributed by atoms with van der Waals surface area (Å²) in [6.07, 6.45) is 4.07. The third-order valence-electron chi connectivity index (χ3n) is 3.49. The van der Waals surface area contributed by atoms with E-state index in [9.17, 15) is 13.5 Å². The lowest BCUT2D eigenvalue weighted by Gasteiger charge is -2.30. The maximum absolute atomic E-state index is 11.6. The maximum atomic E-state index is 11.6. The van der Waals surface area contributed by atoms with Crippen LogP contribution in [-0.4, -0.2) is 31.9 Å². The Morgan fingerprint density at radius 1 is 1.41 bits per heavy atom. The molecule has 0 aromatic carbocycles. The number of hydrogen-bond donors (Lipinski definition) is 2. The van der Waals surface area contributed by atoms with Crippen molar-refractivity contribution in [2.24, 2.45) is 11.8 Å². The van der Waals surface area contributed by atoms with Gasteiger partial charge in [-0.1, -0.05) is 12.8 Å². The van der Waals surface area contributed by atoms with Crippen LogP contribution in [0.3, 0.4) is 0 Å². The molecule has 0 saturated heterocycles. The summed E-state index contributed by atoms with van der Waals surface area (Å²) in [5, 5.41) is 16.8. The van der Waals surface area contributed by atoms with Gasteiger partial charge in [0.1, 0.15) is 0 Å². The molecule has 98 valence electrons. The van der Waals surface area contributed by atoms with Gasteiger partial charge in [-0.3, -0.25) is 0 Å². The molecule has 0 spiro atoms. The zero-order chi connectivity index (χ0) is 12.9. The Morgan fingerprint density at radius 2 is 2.00 bits per heavy atom. The van der Waals surface area contributed by atoms with E-state index in [0.717, 1.165) is 25.7 Å². The van der Waals surface area contributed by atoms with Gasteiger partial charge in [0, 0.05) is 13.2 Å². The summed E-state index contributed by atoms with van der Waals surface area (Å²) in [6.45, 7) is 1.81. The van der Waals surface area contributed by atoms with Gasteiger partial charge in [-0.15, -0.1) is 0 Å². The maximum Gasteiger partial charge on any atom is 0.227 e. The number of nitriles is 1. The van der Waals surface area contributed by atoms with Crippen LogP contribution in [0.15, 0.2) is 0 Å². The van der Waals surface area contributed by atoms with E-state index in [-0.39, 0.29) is 18.4 Å². The molecular formula is C11H20N2O3S. The fraction of sp³-hybridized carbons (Fsp3) is 0.909. The number of aliphatic hydroxyl groups excluding tert-OH is 1. The van der Waals surface area contributed by atoms with Crippen LogP contribution in [0.4, 0.5) is 0 Å². The molecule has 1 fully saturated rings. The van der Waals surface area contributed by atoms with Crippen molar-refractivity contribution in [3.05, 3.63) is 0 Å². The average molecular weight is 260 g/mol. The van der Waals surface area contributed by atoms with Gasteiger partial charge >= 0.3 is 0 Å². The minimum absolute atomic E-state index is 0.111. The van der Waals surface area contributed by atoms with Gasteiger partial charge in [-0.25, -0.2) is 13.1 Å². The van der Waals surface area contributed by atoms with E-state index in [2.05, 4.69) is 4.72 Å². The fourth-order valence-electron chi connectivity index (χ4n) is 2.21. The Hall–Kier alpha value is -0.640. The van der Waals surface area contributed by atoms with Crippen LogP contribution in [0.2, 0.25) is 0 Å². The highest BCUT2D eigenvalue weighted by Crippen LogP contribution is 2.29. The van der Waals surface area contributed by atoms with Gasteiger partial charge in [-0.05, 0) is 31.6 Å². The van der Waals surface area contributed by atoms with Gasteiger partial charge in [0.15, 0.2) is 5.25 Å². The van der Waals surface area contributed by atoms with E-state index >= 15 is 0 Å². The Bertz CT molecular complexity index is 375. The lowest BCUT2D eigenvalue weighted by Crippen LogP contribution is -2.38. The van der Waals surface area contributed by atoms with Crippen molar-refractivity contribution in [1.29, 1.82) is 5.26 Å². The van der Waals surface area contributed by atoms with Crippen molar-refractivity contribution in [2.75, 3.05) is 13.2 Å². The summed E-state index contributed by atoms with van der Waals surface area (Å²) in [6, 6.07) is 1.72. The number of rotatable bonds is 5. The van der Waals surface area contributed by atoms with Crippen molar-refractivity contribution < 1.29 is 13.5 Å². The highest BCUT2D eigenvalue weighted by atomic mass is 32.2. The minimum atomic E-state index is -3.53. The third-order valence-corrected chi connectivity index (χ3v) is 5.10. The predicted octanol–water partition coefficient (Wildman–Crippen LogP) is 0.617. The Labute approximate surface area is 103 Å². The quantitative estimate of drug-likeness (QED) is 0.758. The molecule has 0 heterocycles. The van der Waals surface area contributed by atoms with Crippen molar-refractivity contribution in [3.8, 4) is 6.07 Å². The molecular weight excluding hydrogens is 240 g/mol. The van der Waals surface area contributed by atoms with Crippen LogP contribution in [0, 0.1) is 23.2 Å². The lowest BCUT2D eigenvalue weighted by molar-refractivity contribution is 0.136. The summed E-state index contributed by atoms with van der Waals surface area (Å²) < 4.78 is 25.7. The summed E-state index contributed by atoms with van der Waals surface area (Å²) in [5.41, 5.74) is 0. The van der Waals surface area contributed by atoms with Gasteiger partial charge in [0.25, 0.3) is 0 Å². The molecule has 0 radical (unpaired) electrons. The normalized spacial score (nSPS) is 27.4. The Balaban J connectivity index is 2.52. The topological polar surface area (TPSA) is 90.2 Å². The lowest BCUT2D eigenvalue weighted by atomic mass is 9.80. The molecule has 6 heteroatoms. The fourth-order valence-corrected chi connectivity index (χ4v) is 3.05. The van der Waals surface area contributed by atoms with Crippen LogP contribution < -0.4 is 4.72 Å². The highest BCUT2D eigenvalue weighted by molar-refractivity contribution is 7.90. The Morgan fingerprint density at radius 3 is 2.53 bits per heavy atom. The second-order valence-corrected chi connectivity index (χ2v) is 6.74. The first-order valence-electron chi connectivity index (χ1n) is 6.00. The molecule has 2 N–H and O–H groups in total. The number of nitrogens with one attached hydrogen (secondary N) is 1. The minimum Gasteiger partial charge on any atom is -0.396 e. The van der Waals surface area contributed by atoms with Crippen molar-refractivity contribution in [1.82, 2.24) is 4.72 Å². The number of aliphatic hydroxyl groups is 1. The molecule has 1 rings (SSSR count). The second-order valence-electron chi connectivity index (χ2n) is 4.65. The standard InChI is InChI=1S/C11H20N2O3S/c1-9(6-12)17(15,16)13-7-10-4-2-3-5-11(10)8-14/h9-11,13-14H,2-5,7-8H2,1H3. The molecule has 0 amide bonds. The zero-order valence-corrected chi connectivity index (χ0v) is 10.9. The van der Waals surface area contributed by atoms with Crippen molar-refractivity contribution in [2.45, 2.75) is 37.9 Å². The summed E-state index contributed by atoms with van der Waals surface area (Å²) in [5.74, 6) is 0.373. The molecule has 1 aliphatic carbocycles. The molecule has 0 aliphatic heterocycles. The summed E-state index contributed by atoms with van der Waals surface area (Å²) >= 11 is 0. The first-order valence-corrected chi connectivity index (χ1v) is 7.55. The Kier molecular flexibility index (Phi) is 5.37. The molecule has 17 heavy (non-hydrogen) atoms. The number of sulfonamides is 1. The highest BCUT2D eigenvalue weighted by Gasteiger charge is 2.27. The molecule has 0 aromatic rings. The van der Waals surface area contributed by atoms with Crippen LogP contribution in [0.5, 0.6) is 0 Å². The first kappa shape index (κ1) is 14.4. The zero-order valence-electron chi connectivity index (χ0n) is 10.1. The molecule has 1 aliphatic rings. The monoisotopic (exact) mass is 260 g/mol. The van der Waals surface area contributed by atoms with E-state index < -0.39 is 15.3 Å². The van der Waals surface area contributed by atoms with Gasteiger partial charge in [-0.2, -0.15) is 5.26 Å². The van der Waals surface area contributed by atoms with E-state index in [4.69, 9.17) is 5.26 Å². The van der Waals surface area contributed by atoms with Gasteiger partial charge in [0.05, 0.1) is 6.07 Å². The largest absolute Gasteiger partial charge is 0.396 e. The molecule has 0 aromatic heterocycles. The van der Waals surface area contributed by atoms with Crippen LogP contribution in [0.25, 0.3) is 0 Å². The second kappa shape index (κ2) is 6.34. The molecule has 1 saturated carbocycles. The first-order chi connectivity index (χ1) is 8.01. The third kappa shape index (κ3) is 3.95. The van der Waals surface area contributed by atoms with Gasteiger partial charge < -0.3 is 5.11 Å².